The van der Waals surface area contributed by atoms with Crippen LogP contribution in [0.4, 0.5) is 0 Å². The van der Waals surface area contributed by atoms with Gasteiger partial charge in [0.25, 0.3) is 0 Å². The molecule has 4 saturated heterocycles. The van der Waals surface area contributed by atoms with Crippen molar-refractivity contribution < 1.29 is 48.3 Å². The minimum absolute atomic E-state index is 0.00321. The zero-order valence-corrected chi connectivity index (χ0v) is 32.4. The molecule has 4 aliphatic heterocycles. The van der Waals surface area contributed by atoms with Crippen LogP contribution in [0.5, 0.6) is 5.75 Å². The minimum Gasteiger partial charge on any atom is -0.507 e. The number of phenolic OH excluding ortho intramolecular Hbond substituents is 1. The number of aryl methyl sites for hydroxylation is 1. The number of aliphatic hydroxyl groups is 2. The number of epoxide rings is 2. The van der Waals surface area contributed by atoms with Gasteiger partial charge in [0.1, 0.15) is 29.3 Å². The lowest BCUT2D eigenvalue weighted by Gasteiger charge is -2.49. The summed E-state index contributed by atoms with van der Waals surface area (Å²) in [6.07, 6.45) is -4.44. The van der Waals surface area contributed by atoms with E-state index in [2.05, 4.69) is 0 Å². The van der Waals surface area contributed by atoms with Crippen LogP contribution in [-0.2, 0) is 24.5 Å². The van der Waals surface area contributed by atoms with Gasteiger partial charge in [0.15, 0.2) is 16.8 Å². The van der Waals surface area contributed by atoms with Gasteiger partial charge in [0.2, 0.25) is 5.78 Å². The second-order valence-electron chi connectivity index (χ2n) is 16.9. The highest BCUT2D eigenvalue weighted by molar-refractivity contribution is 6.33. The van der Waals surface area contributed by atoms with Gasteiger partial charge in [-0.1, -0.05) is 0 Å². The molecule has 2 aromatic carbocycles. The van der Waals surface area contributed by atoms with Crippen molar-refractivity contribution in [2.75, 3.05) is 28.2 Å². The highest BCUT2D eigenvalue weighted by Gasteiger charge is 2.66. The first kappa shape index (κ1) is 37.4. The van der Waals surface area contributed by atoms with Gasteiger partial charge in [-0.25, -0.2) is 0 Å². The summed E-state index contributed by atoms with van der Waals surface area (Å²) in [6.45, 7) is 10.9. The summed E-state index contributed by atoms with van der Waals surface area (Å²) in [5.74, 6) is -1.42. The fraction of sp³-hybridized carbons (Fsp3) is 0.585. The Balaban J connectivity index is 1.34. The number of phenols is 1. The summed E-state index contributed by atoms with van der Waals surface area (Å²) in [7, 11) is 7.45. The monoisotopic (exact) mass is 746 g/mol. The van der Waals surface area contributed by atoms with E-state index < -0.39 is 65.1 Å². The molecule has 0 unspecified atom stereocenters. The van der Waals surface area contributed by atoms with Crippen molar-refractivity contribution in [3.05, 3.63) is 73.1 Å². The van der Waals surface area contributed by atoms with Crippen LogP contribution in [0.15, 0.2) is 27.4 Å². The summed E-state index contributed by atoms with van der Waals surface area (Å²) < 4.78 is 30.9. The molecule has 12 atom stereocenters. The predicted molar refractivity (Wildman–Crippen MR) is 196 cm³/mol. The zero-order chi connectivity index (χ0) is 39.1. The number of carbonyl (C=O) groups is 2. The lowest BCUT2D eigenvalue weighted by atomic mass is 9.74. The minimum atomic E-state index is -0.970. The van der Waals surface area contributed by atoms with Crippen LogP contribution in [0.1, 0.15) is 114 Å². The smallest absolute Gasteiger partial charge is 0.202 e. The first-order chi connectivity index (χ1) is 25.3. The van der Waals surface area contributed by atoms with Crippen LogP contribution in [0.3, 0.4) is 0 Å². The number of ketones is 2. The number of rotatable bonds is 6. The average Bonchev–Trinajstić information content (AvgIpc) is 4.01. The maximum absolute atomic E-state index is 15.1. The molecule has 0 bridgehead atoms. The number of benzene rings is 2. The molecule has 0 amide bonds. The molecular weight excluding hydrogens is 696 g/mol. The van der Waals surface area contributed by atoms with E-state index >= 15 is 4.79 Å². The maximum atomic E-state index is 15.1. The Morgan fingerprint density at radius 2 is 1.48 bits per heavy atom. The van der Waals surface area contributed by atoms with E-state index in [-0.39, 0.29) is 87.2 Å². The Kier molecular flexibility index (Phi) is 8.65. The number of carbonyl (C=O) groups excluding carboxylic acids is 2. The molecule has 4 fully saturated rings. The molecule has 13 heteroatoms. The molecule has 0 radical (unpaired) electrons. The van der Waals surface area contributed by atoms with Crippen LogP contribution >= 0.6 is 0 Å². The SMILES string of the molecule is Cc1cc2c(c3oc([C@@]4(C)O[C@@H]4[C@H]4O[C@H]4C)cc(=O)c13)C(=O)c1c(O)c([C@H]3C[C@](C)(N(C)C)[C@H](O)[C@H](C)O3)cc([C@H]3C[C@H](N(C)C)[C@H](O)[C@@H](C)O3)c1C2=O. The Bertz CT molecular complexity index is 2160. The van der Waals surface area contributed by atoms with Crippen LogP contribution in [-0.4, -0.2) is 119 Å². The number of fused-ring (bicyclic) bond motifs is 4. The first-order valence-corrected chi connectivity index (χ1v) is 18.7. The van der Waals surface area contributed by atoms with Crippen molar-refractivity contribution in [3.63, 3.8) is 0 Å². The third-order valence-corrected chi connectivity index (χ3v) is 13.0. The molecule has 8 rings (SSSR count). The number of aliphatic hydroxyl groups excluding tert-OH is 2. The van der Waals surface area contributed by atoms with Crippen LogP contribution in [0, 0.1) is 6.92 Å². The largest absolute Gasteiger partial charge is 0.507 e. The van der Waals surface area contributed by atoms with Crippen molar-refractivity contribution in [1.29, 1.82) is 0 Å². The number of hydrogen-bond acceptors (Lipinski definition) is 13. The van der Waals surface area contributed by atoms with Gasteiger partial charge in [-0.3, -0.25) is 14.4 Å². The van der Waals surface area contributed by atoms with E-state index in [0.29, 0.717) is 11.1 Å². The van der Waals surface area contributed by atoms with Crippen LogP contribution < -0.4 is 5.43 Å². The normalized spacial score (nSPS) is 37.5. The third kappa shape index (κ3) is 5.38. The number of aromatic hydroxyl groups is 1. The highest BCUT2D eigenvalue weighted by Crippen LogP contribution is 2.54. The Labute approximate surface area is 313 Å². The van der Waals surface area contributed by atoms with E-state index in [1.807, 2.05) is 51.8 Å². The van der Waals surface area contributed by atoms with E-state index in [1.54, 1.807) is 33.8 Å². The molecule has 54 heavy (non-hydrogen) atoms. The van der Waals surface area contributed by atoms with E-state index in [0.717, 1.165) is 0 Å². The zero-order valence-electron chi connectivity index (χ0n) is 32.4. The molecule has 13 nitrogen and oxygen atoms in total. The Hall–Kier alpha value is -3.53. The topological polar surface area (TPSA) is 175 Å². The van der Waals surface area contributed by atoms with Crippen molar-refractivity contribution in [3.8, 4) is 5.75 Å². The van der Waals surface area contributed by atoms with E-state index in [1.165, 1.54) is 12.1 Å². The van der Waals surface area contributed by atoms with Crippen LogP contribution in [0.2, 0.25) is 0 Å². The molecular formula is C41H50N2O11. The summed E-state index contributed by atoms with van der Waals surface area (Å²) in [5.41, 5.74) is -1.39. The van der Waals surface area contributed by atoms with Gasteiger partial charge in [0.05, 0.1) is 59.2 Å². The van der Waals surface area contributed by atoms with Gasteiger partial charge < -0.3 is 48.5 Å². The third-order valence-electron chi connectivity index (χ3n) is 13.0. The summed E-state index contributed by atoms with van der Waals surface area (Å²) in [4.78, 5) is 47.7. The van der Waals surface area contributed by atoms with Gasteiger partial charge in [-0.2, -0.15) is 0 Å². The van der Waals surface area contributed by atoms with Gasteiger partial charge in [0, 0.05) is 34.3 Å². The second-order valence-corrected chi connectivity index (χ2v) is 16.9. The summed E-state index contributed by atoms with van der Waals surface area (Å²) >= 11 is 0. The van der Waals surface area contributed by atoms with Crippen molar-refractivity contribution >= 4 is 22.5 Å². The Morgan fingerprint density at radius 3 is 2.11 bits per heavy atom. The molecule has 290 valence electrons. The standard InChI is InChI=1S/C41H50N2O11/c1-16-11-22-30(37-28(16)24(44)14-27(53-37)41(6)39(54-41)36-18(3)52-36)35(48)31-29(34(22)47)20(25-13-23(42(7)8)32(45)17(2)50-25)12-21(33(31)46)26-15-40(5,43(9)10)38(49)19(4)51-26/h11-12,14,17-19,23,25-26,32,36,38-39,45-46,49H,13,15H2,1-10H3/t17-,18+,19+,23+,25-,26-,32-,36+,38-,39-,40+,41-/m1/s1. The molecule has 5 aliphatic rings. The fourth-order valence-corrected chi connectivity index (χ4v) is 9.24. The number of nitrogens with zero attached hydrogens (tertiary/aromatic N) is 2. The number of ether oxygens (including phenoxy) is 4. The second kappa shape index (κ2) is 12.5. The van der Waals surface area contributed by atoms with Crippen molar-refractivity contribution in [1.82, 2.24) is 9.80 Å². The number of likely N-dealkylation sites (N-methyl/N-ethyl adjacent to an activating group) is 2. The van der Waals surface area contributed by atoms with E-state index in [9.17, 15) is 24.9 Å². The molecule has 5 heterocycles. The first-order valence-electron chi connectivity index (χ1n) is 18.7. The molecule has 0 saturated carbocycles. The molecule has 0 spiro atoms. The quantitative estimate of drug-likeness (QED) is 0.244. The van der Waals surface area contributed by atoms with Gasteiger partial charge in [-0.15, -0.1) is 0 Å². The predicted octanol–water partition coefficient (Wildman–Crippen LogP) is 3.66. The van der Waals surface area contributed by atoms with Gasteiger partial charge in [-0.05, 0) is 106 Å². The average molecular weight is 747 g/mol. The Morgan fingerprint density at radius 1 is 0.815 bits per heavy atom. The van der Waals surface area contributed by atoms with Crippen molar-refractivity contribution in [2.24, 2.45) is 0 Å². The summed E-state index contributed by atoms with van der Waals surface area (Å²) in [5, 5.41) is 34.7. The summed E-state index contributed by atoms with van der Waals surface area (Å²) in [6, 6.07) is 4.26. The molecule has 3 N–H and O–H groups in total. The molecule has 3 aromatic rings. The van der Waals surface area contributed by atoms with E-state index in [4.69, 9.17) is 23.4 Å². The molecule has 1 aliphatic carbocycles. The maximum Gasteiger partial charge on any atom is 0.202 e. The molecule has 1 aromatic heterocycles. The lowest BCUT2D eigenvalue weighted by Crippen LogP contribution is -2.59. The number of hydrogen-bond donors (Lipinski definition) is 3. The van der Waals surface area contributed by atoms with Gasteiger partial charge >= 0.3 is 0 Å². The fourth-order valence-electron chi connectivity index (χ4n) is 9.24. The van der Waals surface area contributed by atoms with Crippen LogP contribution in [0.25, 0.3) is 11.0 Å². The lowest BCUT2D eigenvalue weighted by molar-refractivity contribution is -0.176. The van der Waals surface area contributed by atoms with Crippen molar-refractivity contribution in [2.45, 2.75) is 127 Å². The highest BCUT2D eigenvalue weighted by atomic mass is 16.7.